The summed E-state index contributed by atoms with van der Waals surface area (Å²) < 4.78 is 38.6. The van der Waals surface area contributed by atoms with E-state index in [2.05, 4.69) is 5.32 Å². The van der Waals surface area contributed by atoms with Crippen LogP contribution in [0.2, 0.25) is 0 Å². The van der Waals surface area contributed by atoms with Crippen LogP contribution < -0.4 is 9.62 Å². The van der Waals surface area contributed by atoms with E-state index in [0.29, 0.717) is 5.69 Å². The van der Waals surface area contributed by atoms with Crippen LogP contribution in [-0.4, -0.2) is 27.1 Å². The van der Waals surface area contributed by atoms with Gasteiger partial charge in [0.15, 0.2) is 0 Å². The molecular formula is C19H23FN2O3S. The van der Waals surface area contributed by atoms with Gasteiger partial charge in [-0.25, -0.2) is 12.8 Å². The van der Waals surface area contributed by atoms with Gasteiger partial charge >= 0.3 is 0 Å². The fourth-order valence-corrected chi connectivity index (χ4v) is 3.55. The number of hydrogen-bond donors (Lipinski definition) is 1. The van der Waals surface area contributed by atoms with Crippen molar-refractivity contribution in [2.24, 2.45) is 0 Å². The number of anilines is 1. The molecule has 2 aromatic carbocycles. The van der Waals surface area contributed by atoms with Gasteiger partial charge in [-0.15, -0.1) is 0 Å². The Bertz CT molecular complexity index is 896. The van der Waals surface area contributed by atoms with E-state index in [1.807, 2.05) is 19.9 Å². The normalized spacial score (nSPS) is 12.5. The minimum atomic E-state index is -3.64. The van der Waals surface area contributed by atoms with Crippen molar-refractivity contribution in [1.82, 2.24) is 5.32 Å². The van der Waals surface area contributed by atoms with Crippen molar-refractivity contribution in [2.75, 3.05) is 17.1 Å². The molecule has 1 amide bonds. The maximum absolute atomic E-state index is 13.0. The zero-order valence-electron chi connectivity index (χ0n) is 15.3. The number of amides is 1. The third-order valence-corrected chi connectivity index (χ3v) is 5.41. The second-order valence-corrected chi connectivity index (χ2v) is 8.24. The summed E-state index contributed by atoms with van der Waals surface area (Å²) in [6.45, 7) is 5.14. The molecule has 2 aromatic rings. The van der Waals surface area contributed by atoms with E-state index in [0.717, 1.165) is 27.3 Å². The summed E-state index contributed by atoms with van der Waals surface area (Å²) in [7, 11) is -3.64. The minimum Gasteiger partial charge on any atom is -0.348 e. The lowest BCUT2D eigenvalue weighted by molar-refractivity contribution is -0.120. The second kappa shape index (κ2) is 7.86. The Balaban J connectivity index is 2.19. The Kier molecular flexibility index (Phi) is 6.02. The molecule has 0 saturated heterocycles. The molecule has 0 heterocycles. The molecule has 7 heteroatoms. The van der Waals surface area contributed by atoms with Crippen molar-refractivity contribution in [1.29, 1.82) is 0 Å². The molecule has 0 radical (unpaired) electrons. The third kappa shape index (κ3) is 4.82. The van der Waals surface area contributed by atoms with Crippen LogP contribution >= 0.6 is 0 Å². The number of rotatable bonds is 6. The summed E-state index contributed by atoms with van der Waals surface area (Å²) in [4.78, 5) is 12.4. The van der Waals surface area contributed by atoms with E-state index in [9.17, 15) is 17.6 Å². The van der Waals surface area contributed by atoms with Crippen molar-refractivity contribution in [3.05, 3.63) is 65.0 Å². The number of sulfonamides is 1. The van der Waals surface area contributed by atoms with Crippen LogP contribution in [0.5, 0.6) is 0 Å². The Labute approximate surface area is 153 Å². The van der Waals surface area contributed by atoms with Crippen LogP contribution in [0.4, 0.5) is 10.1 Å². The Morgan fingerprint density at radius 1 is 1.15 bits per heavy atom. The smallest absolute Gasteiger partial charge is 0.241 e. The van der Waals surface area contributed by atoms with Crippen molar-refractivity contribution in [3.63, 3.8) is 0 Å². The predicted molar refractivity (Wildman–Crippen MR) is 101 cm³/mol. The lowest BCUT2D eigenvalue weighted by atomic mass is 10.1. The van der Waals surface area contributed by atoms with Crippen LogP contribution in [-0.2, 0) is 14.8 Å². The van der Waals surface area contributed by atoms with Gasteiger partial charge in [-0.3, -0.25) is 9.10 Å². The standard InChI is InChI=1S/C19H23FN2O3S/c1-13-6-5-7-18(14(13)2)22(26(4,24)25)12-19(23)21-15(3)16-8-10-17(20)11-9-16/h5-11,15H,12H2,1-4H3,(H,21,23)/t15-/m0/s1. The predicted octanol–water partition coefficient (Wildman–Crippen LogP) is 3.09. The summed E-state index contributed by atoms with van der Waals surface area (Å²) in [5.41, 5.74) is 2.96. The number of nitrogens with zero attached hydrogens (tertiary/aromatic N) is 1. The summed E-state index contributed by atoms with van der Waals surface area (Å²) in [6.07, 6.45) is 1.07. The molecule has 0 aliphatic carbocycles. The molecule has 0 saturated carbocycles. The molecule has 1 N–H and O–H groups in total. The van der Waals surface area contributed by atoms with Gasteiger partial charge in [0.05, 0.1) is 18.0 Å². The van der Waals surface area contributed by atoms with Crippen LogP contribution in [0.25, 0.3) is 0 Å². The largest absolute Gasteiger partial charge is 0.348 e. The first-order valence-electron chi connectivity index (χ1n) is 8.18. The molecule has 0 spiro atoms. The van der Waals surface area contributed by atoms with E-state index < -0.39 is 15.9 Å². The average Bonchev–Trinajstić information content (AvgIpc) is 2.55. The molecule has 0 aliphatic heterocycles. The lowest BCUT2D eigenvalue weighted by Crippen LogP contribution is -2.41. The number of nitrogens with one attached hydrogen (secondary N) is 1. The van der Waals surface area contributed by atoms with Gasteiger partial charge in [0, 0.05) is 0 Å². The van der Waals surface area contributed by atoms with Crippen LogP contribution in [0.1, 0.15) is 29.7 Å². The lowest BCUT2D eigenvalue weighted by Gasteiger charge is -2.25. The highest BCUT2D eigenvalue weighted by Crippen LogP contribution is 2.25. The number of aryl methyl sites for hydroxylation is 1. The minimum absolute atomic E-state index is 0.325. The number of carbonyl (C=O) groups excluding carboxylic acids is 1. The fraction of sp³-hybridized carbons (Fsp3) is 0.316. The molecule has 1 atom stereocenters. The van der Waals surface area contributed by atoms with E-state index in [1.165, 1.54) is 12.1 Å². The monoisotopic (exact) mass is 378 g/mol. The van der Waals surface area contributed by atoms with Gasteiger partial charge in [0.25, 0.3) is 0 Å². The molecule has 5 nitrogen and oxygen atoms in total. The van der Waals surface area contributed by atoms with E-state index in [-0.39, 0.29) is 18.4 Å². The van der Waals surface area contributed by atoms with E-state index in [4.69, 9.17) is 0 Å². The van der Waals surface area contributed by atoms with E-state index >= 15 is 0 Å². The number of hydrogen-bond acceptors (Lipinski definition) is 3. The Morgan fingerprint density at radius 2 is 1.77 bits per heavy atom. The van der Waals surface area contributed by atoms with Gasteiger partial charge < -0.3 is 5.32 Å². The molecule has 0 unspecified atom stereocenters. The first kappa shape index (κ1) is 19.9. The summed E-state index contributed by atoms with van der Waals surface area (Å²) in [5.74, 6) is -0.793. The number of halogens is 1. The molecule has 26 heavy (non-hydrogen) atoms. The zero-order chi connectivity index (χ0) is 19.5. The molecule has 140 valence electrons. The fourth-order valence-electron chi connectivity index (χ4n) is 2.64. The number of benzene rings is 2. The highest BCUT2D eigenvalue weighted by molar-refractivity contribution is 7.92. The van der Waals surface area contributed by atoms with Crippen molar-refractivity contribution >= 4 is 21.6 Å². The zero-order valence-corrected chi connectivity index (χ0v) is 16.1. The first-order valence-corrected chi connectivity index (χ1v) is 10.0. The first-order chi connectivity index (χ1) is 12.1. The molecule has 0 bridgehead atoms. The molecule has 0 aliphatic rings. The van der Waals surface area contributed by atoms with Crippen LogP contribution in [0.3, 0.4) is 0 Å². The Hall–Kier alpha value is -2.41. The molecule has 0 aromatic heterocycles. The highest BCUT2D eigenvalue weighted by atomic mass is 32.2. The summed E-state index contributed by atoms with van der Waals surface area (Å²) in [6, 6.07) is 10.8. The summed E-state index contributed by atoms with van der Waals surface area (Å²) in [5, 5.41) is 2.75. The maximum Gasteiger partial charge on any atom is 0.241 e. The second-order valence-electron chi connectivity index (χ2n) is 6.33. The van der Waals surface area contributed by atoms with Crippen molar-refractivity contribution in [2.45, 2.75) is 26.8 Å². The number of carbonyl (C=O) groups is 1. The topological polar surface area (TPSA) is 66.5 Å². The van der Waals surface area contributed by atoms with Crippen LogP contribution in [0.15, 0.2) is 42.5 Å². The van der Waals surface area contributed by atoms with Gasteiger partial charge in [0.1, 0.15) is 12.4 Å². The average molecular weight is 378 g/mol. The van der Waals surface area contributed by atoms with Crippen LogP contribution in [0, 0.1) is 19.7 Å². The van der Waals surface area contributed by atoms with Gasteiger partial charge in [-0.05, 0) is 55.7 Å². The van der Waals surface area contributed by atoms with Gasteiger partial charge in [-0.2, -0.15) is 0 Å². The van der Waals surface area contributed by atoms with Gasteiger partial charge in [-0.1, -0.05) is 24.3 Å². The summed E-state index contributed by atoms with van der Waals surface area (Å²) >= 11 is 0. The third-order valence-electron chi connectivity index (χ3n) is 4.28. The molecule has 0 fully saturated rings. The highest BCUT2D eigenvalue weighted by Gasteiger charge is 2.23. The van der Waals surface area contributed by atoms with Crippen molar-refractivity contribution < 1.29 is 17.6 Å². The quantitative estimate of drug-likeness (QED) is 0.840. The molecular weight excluding hydrogens is 355 g/mol. The van der Waals surface area contributed by atoms with Gasteiger partial charge in [0.2, 0.25) is 15.9 Å². The van der Waals surface area contributed by atoms with E-state index in [1.54, 1.807) is 31.2 Å². The SMILES string of the molecule is Cc1cccc(N(CC(=O)N[C@@H](C)c2ccc(F)cc2)S(C)(=O)=O)c1C. The maximum atomic E-state index is 13.0. The Morgan fingerprint density at radius 3 is 2.35 bits per heavy atom. The van der Waals surface area contributed by atoms with Crippen molar-refractivity contribution in [3.8, 4) is 0 Å². The molecule has 2 rings (SSSR count).